The van der Waals surface area contributed by atoms with Gasteiger partial charge in [0.2, 0.25) is 5.89 Å². The van der Waals surface area contributed by atoms with Gasteiger partial charge in [-0.05, 0) is 25.0 Å². The SMILES string of the molecule is O=c1[nH]nc(SCc2nnc(-c3ccco3)o2)n1C[C@H]1CCCO1. The van der Waals surface area contributed by atoms with Gasteiger partial charge in [0.05, 0.1) is 24.7 Å². The van der Waals surface area contributed by atoms with Crippen LogP contribution in [0.2, 0.25) is 0 Å². The predicted molar refractivity (Wildman–Crippen MR) is 83.4 cm³/mol. The van der Waals surface area contributed by atoms with E-state index in [0.717, 1.165) is 19.4 Å². The van der Waals surface area contributed by atoms with Gasteiger partial charge in [-0.25, -0.2) is 9.89 Å². The molecule has 3 aromatic rings. The van der Waals surface area contributed by atoms with Crippen molar-refractivity contribution in [3.63, 3.8) is 0 Å². The van der Waals surface area contributed by atoms with Crippen molar-refractivity contribution < 1.29 is 13.6 Å². The van der Waals surface area contributed by atoms with Gasteiger partial charge in [-0.3, -0.25) is 4.57 Å². The normalized spacial score (nSPS) is 17.6. The van der Waals surface area contributed by atoms with Crippen LogP contribution in [-0.2, 0) is 17.0 Å². The molecule has 0 bridgehead atoms. The van der Waals surface area contributed by atoms with E-state index in [1.165, 1.54) is 11.8 Å². The van der Waals surface area contributed by atoms with Crippen molar-refractivity contribution in [3.8, 4) is 11.7 Å². The van der Waals surface area contributed by atoms with Crippen LogP contribution in [0.3, 0.4) is 0 Å². The third-order valence-electron chi connectivity index (χ3n) is 3.66. The van der Waals surface area contributed by atoms with Crippen LogP contribution in [0, 0.1) is 0 Å². The van der Waals surface area contributed by atoms with Gasteiger partial charge in [0, 0.05) is 6.61 Å². The van der Waals surface area contributed by atoms with Crippen LogP contribution in [0.15, 0.2) is 37.2 Å². The third-order valence-corrected chi connectivity index (χ3v) is 4.62. The maximum absolute atomic E-state index is 11.9. The van der Waals surface area contributed by atoms with Crippen molar-refractivity contribution in [2.24, 2.45) is 0 Å². The second-order valence-corrected chi connectivity index (χ2v) is 6.27. The maximum atomic E-state index is 11.9. The van der Waals surface area contributed by atoms with E-state index in [1.807, 2.05) is 0 Å². The molecule has 1 aliphatic heterocycles. The summed E-state index contributed by atoms with van der Waals surface area (Å²) in [6.07, 6.45) is 3.59. The molecule has 1 N–H and O–H groups in total. The molecule has 9 nitrogen and oxygen atoms in total. The minimum absolute atomic E-state index is 0.0635. The number of aromatic amines is 1. The Kier molecular flexibility index (Phi) is 4.22. The van der Waals surface area contributed by atoms with Crippen LogP contribution >= 0.6 is 11.8 Å². The largest absolute Gasteiger partial charge is 0.459 e. The zero-order chi connectivity index (χ0) is 16.4. The molecule has 4 rings (SSSR count). The molecule has 0 saturated carbocycles. The molecule has 126 valence electrons. The number of furan rings is 1. The first-order valence-corrected chi connectivity index (χ1v) is 8.54. The maximum Gasteiger partial charge on any atom is 0.344 e. The summed E-state index contributed by atoms with van der Waals surface area (Å²) in [7, 11) is 0. The first-order chi connectivity index (χ1) is 11.8. The molecule has 0 aromatic carbocycles. The van der Waals surface area contributed by atoms with E-state index in [9.17, 15) is 4.79 Å². The van der Waals surface area contributed by atoms with E-state index < -0.39 is 0 Å². The van der Waals surface area contributed by atoms with E-state index >= 15 is 0 Å². The van der Waals surface area contributed by atoms with Crippen molar-refractivity contribution in [2.75, 3.05) is 6.61 Å². The van der Waals surface area contributed by atoms with E-state index in [1.54, 1.807) is 23.0 Å². The lowest BCUT2D eigenvalue weighted by molar-refractivity contribution is 0.0941. The smallest absolute Gasteiger partial charge is 0.344 e. The highest BCUT2D eigenvalue weighted by Gasteiger charge is 2.20. The molecule has 0 radical (unpaired) electrons. The van der Waals surface area contributed by atoms with Crippen LogP contribution in [0.4, 0.5) is 0 Å². The third kappa shape index (κ3) is 3.15. The number of H-pyrrole nitrogens is 1. The lowest BCUT2D eigenvalue weighted by Crippen LogP contribution is -2.24. The van der Waals surface area contributed by atoms with Crippen LogP contribution in [0.5, 0.6) is 0 Å². The van der Waals surface area contributed by atoms with Crippen molar-refractivity contribution >= 4 is 11.8 Å². The first-order valence-electron chi connectivity index (χ1n) is 7.55. The number of hydrogen-bond donors (Lipinski definition) is 1. The summed E-state index contributed by atoms with van der Waals surface area (Å²) in [5.41, 5.74) is -0.241. The molecule has 0 aliphatic carbocycles. The van der Waals surface area contributed by atoms with E-state index in [2.05, 4.69) is 20.4 Å². The Morgan fingerprint density at radius 2 is 2.38 bits per heavy atom. The zero-order valence-electron chi connectivity index (χ0n) is 12.7. The summed E-state index contributed by atoms with van der Waals surface area (Å²) in [5, 5.41) is 15.0. The highest BCUT2D eigenvalue weighted by atomic mass is 32.2. The van der Waals surface area contributed by atoms with E-state index in [4.69, 9.17) is 13.6 Å². The molecule has 4 heterocycles. The van der Waals surface area contributed by atoms with E-state index in [0.29, 0.717) is 35.0 Å². The molecular weight excluding hydrogens is 334 g/mol. The molecular formula is C14H15N5O4S. The van der Waals surface area contributed by atoms with Crippen LogP contribution in [0.25, 0.3) is 11.7 Å². The number of nitrogens with zero attached hydrogens (tertiary/aromatic N) is 4. The van der Waals surface area contributed by atoms with Gasteiger partial charge in [0.25, 0.3) is 5.89 Å². The van der Waals surface area contributed by atoms with E-state index in [-0.39, 0.29) is 11.8 Å². The van der Waals surface area contributed by atoms with Crippen molar-refractivity contribution in [2.45, 2.75) is 36.4 Å². The average Bonchev–Trinajstić information content (AvgIpc) is 3.36. The fraction of sp³-hybridized carbons (Fsp3) is 0.429. The number of nitrogens with one attached hydrogen (secondary N) is 1. The topological polar surface area (TPSA) is 112 Å². The number of thioether (sulfide) groups is 1. The Hall–Kier alpha value is -2.33. The molecule has 0 unspecified atom stereocenters. The van der Waals surface area contributed by atoms with Crippen molar-refractivity contribution in [1.82, 2.24) is 25.0 Å². The van der Waals surface area contributed by atoms with Gasteiger partial charge >= 0.3 is 5.69 Å². The van der Waals surface area contributed by atoms with Gasteiger partial charge in [-0.2, -0.15) is 0 Å². The highest BCUT2D eigenvalue weighted by molar-refractivity contribution is 7.98. The molecule has 1 aliphatic rings. The molecule has 1 atom stereocenters. The Balaban J connectivity index is 1.43. The first kappa shape index (κ1) is 15.2. The fourth-order valence-electron chi connectivity index (χ4n) is 2.50. The van der Waals surface area contributed by atoms with Crippen molar-refractivity contribution in [1.29, 1.82) is 0 Å². The Labute approximate surface area is 140 Å². The fourth-order valence-corrected chi connectivity index (χ4v) is 3.30. The summed E-state index contributed by atoms with van der Waals surface area (Å²) in [6.45, 7) is 1.25. The number of rotatable bonds is 6. The monoisotopic (exact) mass is 349 g/mol. The second-order valence-electron chi connectivity index (χ2n) is 5.32. The summed E-state index contributed by atoms with van der Waals surface area (Å²) in [5.74, 6) is 1.69. The summed E-state index contributed by atoms with van der Waals surface area (Å²) >= 11 is 1.35. The minimum Gasteiger partial charge on any atom is -0.459 e. The summed E-state index contributed by atoms with van der Waals surface area (Å²) in [6, 6.07) is 3.50. The second kappa shape index (κ2) is 6.65. The highest BCUT2D eigenvalue weighted by Crippen LogP contribution is 2.23. The Bertz CT molecular complexity index is 847. The molecule has 0 amide bonds. The molecule has 3 aromatic heterocycles. The van der Waals surface area contributed by atoms with Gasteiger partial charge < -0.3 is 13.6 Å². The van der Waals surface area contributed by atoms with Crippen LogP contribution < -0.4 is 5.69 Å². The van der Waals surface area contributed by atoms with Gasteiger partial charge in [-0.1, -0.05) is 11.8 Å². The lowest BCUT2D eigenvalue weighted by Gasteiger charge is -2.10. The molecule has 0 spiro atoms. The minimum atomic E-state index is -0.241. The standard InChI is InChI=1S/C14H15N5O4S/c20-13-17-18-14(19(13)7-9-3-1-5-21-9)24-8-11-15-16-12(23-11)10-4-2-6-22-10/h2,4,6,9H,1,3,5,7-8H2,(H,17,20)/t9-/m1/s1. The van der Waals surface area contributed by atoms with Crippen LogP contribution in [0.1, 0.15) is 18.7 Å². The summed E-state index contributed by atoms with van der Waals surface area (Å²) < 4.78 is 17.9. The van der Waals surface area contributed by atoms with Crippen molar-refractivity contribution in [3.05, 3.63) is 34.8 Å². The zero-order valence-corrected chi connectivity index (χ0v) is 13.5. The number of aromatic nitrogens is 5. The quantitative estimate of drug-likeness (QED) is 0.669. The van der Waals surface area contributed by atoms with Gasteiger partial charge in [0.15, 0.2) is 10.9 Å². The molecule has 1 fully saturated rings. The molecule has 24 heavy (non-hydrogen) atoms. The Morgan fingerprint density at radius 1 is 1.42 bits per heavy atom. The number of hydrogen-bond acceptors (Lipinski definition) is 8. The van der Waals surface area contributed by atoms with Crippen LogP contribution in [-0.4, -0.2) is 37.7 Å². The summed E-state index contributed by atoms with van der Waals surface area (Å²) in [4.78, 5) is 11.9. The molecule has 1 saturated heterocycles. The number of ether oxygens (including phenoxy) is 1. The average molecular weight is 349 g/mol. The molecule has 10 heteroatoms. The van der Waals surface area contributed by atoms with Gasteiger partial charge in [0.1, 0.15) is 0 Å². The Morgan fingerprint density at radius 3 is 3.17 bits per heavy atom. The van der Waals surface area contributed by atoms with Gasteiger partial charge in [-0.15, -0.1) is 15.3 Å². The lowest BCUT2D eigenvalue weighted by atomic mass is 10.2. The predicted octanol–water partition coefficient (Wildman–Crippen LogP) is 1.69.